The van der Waals surface area contributed by atoms with Gasteiger partial charge in [0.1, 0.15) is 0 Å². The first-order chi connectivity index (χ1) is 12.6. The third-order valence-corrected chi connectivity index (χ3v) is 6.59. The number of aromatic nitrogens is 1. The Labute approximate surface area is 157 Å². The van der Waals surface area contributed by atoms with Crippen molar-refractivity contribution < 1.29 is 26.3 Å². The summed E-state index contributed by atoms with van der Waals surface area (Å²) in [5.41, 5.74) is 0. The molecule has 3 rings (SSSR count). The van der Waals surface area contributed by atoms with Crippen molar-refractivity contribution in [1.29, 1.82) is 0 Å². The summed E-state index contributed by atoms with van der Waals surface area (Å²) in [4.78, 5) is 5.67. The maximum absolute atomic E-state index is 12.4. The van der Waals surface area contributed by atoms with Crippen LogP contribution in [0.1, 0.15) is 25.7 Å². The van der Waals surface area contributed by atoms with E-state index >= 15 is 0 Å². The molecule has 2 fully saturated rings. The molecule has 9 heteroatoms. The molecule has 1 saturated heterocycles. The van der Waals surface area contributed by atoms with E-state index in [1.54, 1.807) is 6.07 Å². The highest BCUT2D eigenvalue weighted by Crippen LogP contribution is 2.49. The Morgan fingerprint density at radius 2 is 1.96 bits per heavy atom. The number of hydrogen-bond donors (Lipinski definition) is 0. The van der Waals surface area contributed by atoms with Gasteiger partial charge in [0.15, 0.2) is 9.84 Å². The average molecular weight is 406 g/mol. The molecule has 27 heavy (non-hydrogen) atoms. The first-order valence-electron chi connectivity index (χ1n) is 9.20. The summed E-state index contributed by atoms with van der Waals surface area (Å²) >= 11 is 0. The summed E-state index contributed by atoms with van der Waals surface area (Å²) in [6.07, 6.45) is 2.00. The van der Waals surface area contributed by atoms with Crippen molar-refractivity contribution in [3.05, 3.63) is 18.3 Å². The van der Waals surface area contributed by atoms with E-state index in [0.717, 1.165) is 31.9 Å². The van der Waals surface area contributed by atoms with Crippen LogP contribution in [0.2, 0.25) is 0 Å². The minimum atomic E-state index is -4.11. The number of piperidine rings is 1. The van der Waals surface area contributed by atoms with E-state index in [9.17, 15) is 21.6 Å². The lowest BCUT2D eigenvalue weighted by molar-refractivity contribution is -0.148. The monoisotopic (exact) mass is 406 g/mol. The zero-order valence-corrected chi connectivity index (χ0v) is 16.1. The van der Waals surface area contributed by atoms with Gasteiger partial charge >= 0.3 is 6.18 Å². The molecule has 1 saturated carbocycles. The molecule has 2 aliphatic rings. The normalized spacial score (nSPS) is 24.7. The molecule has 5 nitrogen and oxygen atoms in total. The number of hydrogen-bond acceptors (Lipinski definition) is 5. The lowest BCUT2D eigenvalue weighted by Crippen LogP contribution is -2.40. The third-order valence-electron chi connectivity index (χ3n) is 5.49. The first-order valence-corrected chi connectivity index (χ1v) is 11.1. The summed E-state index contributed by atoms with van der Waals surface area (Å²) in [5.74, 6) is 2.09. The fraction of sp³-hybridized carbons (Fsp3) is 0.722. The molecule has 0 bridgehead atoms. The second-order valence-electron chi connectivity index (χ2n) is 7.63. The highest BCUT2D eigenvalue weighted by atomic mass is 32.2. The van der Waals surface area contributed by atoms with Crippen LogP contribution < -0.4 is 4.74 Å². The number of halogens is 3. The molecule has 1 aliphatic carbocycles. The number of rotatable bonds is 7. The highest BCUT2D eigenvalue weighted by molar-refractivity contribution is 7.90. The Kier molecular flexibility index (Phi) is 6.00. The molecule has 0 amide bonds. The van der Waals surface area contributed by atoms with Crippen LogP contribution in [0, 0.1) is 17.8 Å². The van der Waals surface area contributed by atoms with Gasteiger partial charge in [-0.15, -0.1) is 0 Å². The molecule has 1 aliphatic heterocycles. The van der Waals surface area contributed by atoms with Crippen LogP contribution in [-0.2, 0) is 9.84 Å². The highest BCUT2D eigenvalue weighted by Gasteiger charge is 2.43. The quantitative estimate of drug-likeness (QED) is 0.696. The molecule has 0 radical (unpaired) electrons. The topological polar surface area (TPSA) is 59.5 Å². The minimum Gasteiger partial charge on any atom is -0.478 e. The first kappa shape index (κ1) is 20.4. The molecule has 2 atom stereocenters. The van der Waals surface area contributed by atoms with Crippen molar-refractivity contribution in [2.75, 3.05) is 32.5 Å². The number of alkyl halides is 3. The van der Waals surface area contributed by atoms with E-state index in [2.05, 4.69) is 4.98 Å². The van der Waals surface area contributed by atoms with Crippen molar-refractivity contribution >= 4 is 9.84 Å². The number of ether oxygens (including phenoxy) is 1. The molecule has 1 aromatic rings. The second-order valence-corrected chi connectivity index (χ2v) is 9.65. The van der Waals surface area contributed by atoms with E-state index < -0.39 is 22.6 Å². The Morgan fingerprint density at radius 3 is 2.52 bits per heavy atom. The van der Waals surface area contributed by atoms with Gasteiger partial charge in [-0.2, -0.15) is 13.2 Å². The van der Waals surface area contributed by atoms with Gasteiger partial charge < -0.3 is 4.74 Å². The molecule has 0 N–H and O–H groups in total. The molecule has 1 unspecified atom stereocenters. The largest absolute Gasteiger partial charge is 0.478 e. The Balaban J connectivity index is 1.35. The fourth-order valence-corrected chi connectivity index (χ4v) is 4.52. The Bertz CT molecular complexity index is 729. The van der Waals surface area contributed by atoms with Gasteiger partial charge in [-0.3, -0.25) is 4.90 Å². The number of nitrogens with zero attached hydrogens (tertiary/aromatic N) is 2. The van der Waals surface area contributed by atoms with Crippen molar-refractivity contribution in [3.8, 4) is 5.88 Å². The predicted octanol–water partition coefficient (Wildman–Crippen LogP) is 3.16. The van der Waals surface area contributed by atoms with Gasteiger partial charge in [-0.05, 0) is 62.6 Å². The van der Waals surface area contributed by atoms with E-state index in [-0.39, 0.29) is 4.90 Å². The zero-order valence-electron chi connectivity index (χ0n) is 15.3. The van der Waals surface area contributed by atoms with Gasteiger partial charge in [0.05, 0.1) is 18.0 Å². The minimum absolute atomic E-state index is 0.161. The molecule has 152 valence electrons. The van der Waals surface area contributed by atoms with Gasteiger partial charge in [0.2, 0.25) is 5.88 Å². The lowest BCUT2D eigenvalue weighted by Gasteiger charge is -2.32. The number of likely N-dealkylation sites (tertiary alicyclic amines) is 1. The van der Waals surface area contributed by atoms with Gasteiger partial charge in [0.25, 0.3) is 0 Å². The van der Waals surface area contributed by atoms with Gasteiger partial charge in [-0.1, -0.05) is 0 Å². The standard InChI is InChI=1S/C18H25F3N2O3S/c1-27(24,25)15-2-3-17(22-11-15)26-9-6-14-10-16(14)13-4-7-23(8-5-13)12-18(19,20)21/h2-3,11,13-14,16H,4-10,12H2,1H3/t14?,16-/m1/s1. The van der Waals surface area contributed by atoms with Crippen LogP contribution in [0.5, 0.6) is 5.88 Å². The second kappa shape index (κ2) is 7.95. The van der Waals surface area contributed by atoms with Crippen LogP contribution in [-0.4, -0.2) is 57.0 Å². The summed E-state index contributed by atoms with van der Waals surface area (Å²) < 4.78 is 65.7. The molecular formula is C18H25F3N2O3S. The number of sulfone groups is 1. The van der Waals surface area contributed by atoms with Crippen LogP contribution >= 0.6 is 0 Å². The molecule has 1 aromatic heterocycles. The predicted molar refractivity (Wildman–Crippen MR) is 94.3 cm³/mol. The maximum Gasteiger partial charge on any atom is 0.401 e. The summed E-state index contributed by atoms with van der Waals surface area (Å²) in [6, 6.07) is 3.03. The van der Waals surface area contributed by atoms with Gasteiger partial charge in [0, 0.05) is 18.5 Å². The molecular weight excluding hydrogens is 381 g/mol. The van der Waals surface area contributed by atoms with Gasteiger partial charge in [-0.25, -0.2) is 13.4 Å². The van der Waals surface area contributed by atoms with Crippen LogP contribution in [0.25, 0.3) is 0 Å². The lowest BCUT2D eigenvalue weighted by atomic mass is 9.90. The average Bonchev–Trinajstić information content (AvgIpc) is 3.33. The summed E-state index contributed by atoms with van der Waals surface area (Å²) in [5, 5.41) is 0. The van der Waals surface area contributed by atoms with Crippen molar-refractivity contribution in [2.24, 2.45) is 17.8 Å². The number of pyridine rings is 1. The van der Waals surface area contributed by atoms with E-state index in [1.165, 1.54) is 17.2 Å². The van der Waals surface area contributed by atoms with Crippen molar-refractivity contribution in [1.82, 2.24) is 9.88 Å². The fourth-order valence-electron chi connectivity index (χ4n) is 3.96. The van der Waals surface area contributed by atoms with E-state index in [4.69, 9.17) is 4.74 Å². The Hall–Kier alpha value is -1.35. The third kappa shape index (κ3) is 6.07. The van der Waals surface area contributed by atoms with Crippen LogP contribution in [0.4, 0.5) is 13.2 Å². The zero-order chi connectivity index (χ0) is 19.7. The summed E-state index contributed by atoms with van der Waals surface area (Å²) in [7, 11) is -3.26. The molecule has 2 heterocycles. The molecule has 0 aromatic carbocycles. The Morgan fingerprint density at radius 1 is 1.26 bits per heavy atom. The van der Waals surface area contributed by atoms with E-state index in [0.29, 0.717) is 43.3 Å². The van der Waals surface area contributed by atoms with E-state index in [1.807, 2.05) is 0 Å². The van der Waals surface area contributed by atoms with Crippen molar-refractivity contribution in [2.45, 2.75) is 36.8 Å². The smallest absolute Gasteiger partial charge is 0.401 e. The molecule has 0 spiro atoms. The maximum atomic E-state index is 12.4. The van der Waals surface area contributed by atoms with Crippen LogP contribution in [0.15, 0.2) is 23.2 Å². The van der Waals surface area contributed by atoms with Crippen molar-refractivity contribution in [3.63, 3.8) is 0 Å². The van der Waals surface area contributed by atoms with Crippen LogP contribution in [0.3, 0.4) is 0 Å². The summed E-state index contributed by atoms with van der Waals surface area (Å²) in [6.45, 7) is 0.771. The SMILES string of the molecule is CS(=O)(=O)c1ccc(OCCC2C[C@@H]2C2CCN(CC(F)(F)F)CC2)nc1.